The minimum atomic E-state index is -1.09. The Morgan fingerprint density at radius 3 is 2.59 bits per heavy atom. The first kappa shape index (κ1) is 23.6. The van der Waals surface area contributed by atoms with Crippen molar-refractivity contribution in [3.8, 4) is 0 Å². The summed E-state index contributed by atoms with van der Waals surface area (Å²) in [4.78, 5) is 18.5. The number of carbonyl (C=O) groups is 1. The number of anilines is 1. The molecular weight excluding hydrogens is 382 g/mol. The fourth-order valence-electron chi connectivity index (χ4n) is 3.85. The number of aliphatic carboxylic acids is 1. The minimum Gasteiger partial charge on any atom is -0.481 e. The van der Waals surface area contributed by atoms with E-state index in [0.717, 1.165) is 42.3 Å². The van der Waals surface area contributed by atoms with Crippen LogP contribution in [0, 0.1) is 5.92 Å². The van der Waals surface area contributed by atoms with Crippen LogP contribution in [0.15, 0.2) is 36.5 Å². The van der Waals surface area contributed by atoms with Crippen molar-refractivity contribution in [2.24, 2.45) is 5.92 Å². The highest BCUT2D eigenvalue weighted by Gasteiger charge is 2.47. The van der Waals surface area contributed by atoms with E-state index in [1.165, 1.54) is 0 Å². The number of para-hydroxylation sites is 1. The molecule has 1 aromatic carbocycles. The van der Waals surface area contributed by atoms with E-state index in [1.54, 1.807) is 0 Å². The summed E-state index contributed by atoms with van der Waals surface area (Å²) in [6.07, 6.45) is 5.80. The molecule has 1 aliphatic rings. The van der Waals surface area contributed by atoms with Crippen molar-refractivity contribution in [2.45, 2.75) is 50.4 Å². The molecule has 0 amide bonds. The van der Waals surface area contributed by atoms with E-state index in [4.69, 9.17) is 7.85 Å². The molecule has 7 heteroatoms. The summed E-state index contributed by atoms with van der Waals surface area (Å²) in [5, 5.41) is 9.65. The Morgan fingerprint density at radius 2 is 1.96 bits per heavy atom. The average molecular weight is 409 g/mol. The molecule has 3 rings (SSSR count). The lowest BCUT2D eigenvalue weighted by molar-refractivity contribution is -0.144. The number of halogens is 2. The van der Waals surface area contributed by atoms with Crippen LogP contribution in [-0.4, -0.2) is 37.0 Å². The van der Waals surface area contributed by atoms with Gasteiger partial charge in [-0.25, -0.2) is 0 Å². The van der Waals surface area contributed by atoms with Gasteiger partial charge in [0.05, 0.1) is 19.1 Å². The van der Waals surface area contributed by atoms with E-state index in [1.807, 2.05) is 18.3 Å². The fraction of sp³-hybridized carbons (Fsp3) is 0.500. The first-order valence-electron chi connectivity index (χ1n) is 9.06. The Bertz CT molecular complexity index is 765. The maximum absolute atomic E-state index is 11.7. The zero-order valence-electron chi connectivity index (χ0n) is 15.8. The summed E-state index contributed by atoms with van der Waals surface area (Å²) in [6, 6.07) is 10.5. The Labute approximate surface area is 175 Å². The van der Waals surface area contributed by atoms with Gasteiger partial charge < -0.3 is 10.0 Å². The van der Waals surface area contributed by atoms with Gasteiger partial charge in [-0.2, -0.15) is 0 Å². The number of aromatic nitrogens is 1. The van der Waals surface area contributed by atoms with Crippen LogP contribution >= 0.6 is 24.8 Å². The lowest BCUT2D eigenvalue weighted by atomic mass is 9.51. The van der Waals surface area contributed by atoms with Gasteiger partial charge in [-0.15, -0.1) is 24.8 Å². The largest absolute Gasteiger partial charge is 0.481 e. The van der Waals surface area contributed by atoms with Crippen LogP contribution in [0.2, 0.25) is 5.31 Å². The van der Waals surface area contributed by atoms with E-state index < -0.39 is 11.3 Å². The number of rotatable bonds is 7. The Kier molecular flexibility index (Phi) is 8.43. The topological polar surface area (TPSA) is 53.4 Å². The van der Waals surface area contributed by atoms with Gasteiger partial charge in [-0.3, -0.25) is 9.78 Å². The average Bonchev–Trinajstić information content (AvgIpc) is 2.57. The number of carboxylic acids is 1. The molecule has 1 atom stereocenters. The number of hydrogen-bond acceptors (Lipinski definition) is 3. The monoisotopic (exact) mass is 408 g/mol. The van der Waals surface area contributed by atoms with E-state index in [2.05, 4.69) is 42.1 Å². The maximum atomic E-state index is 11.7. The highest BCUT2D eigenvalue weighted by atomic mass is 35.5. The first-order chi connectivity index (χ1) is 12.0. The summed E-state index contributed by atoms with van der Waals surface area (Å²) in [6.45, 7) is 2.06. The molecule has 2 aromatic rings. The predicted octanol–water partition coefficient (Wildman–Crippen LogP) is 4.90. The Balaban J connectivity index is 0.00000182. The van der Waals surface area contributed by atoms with Crippen LogP contribution < -0.4 is 4.90 Å². The molecule has 0 aliphatic heterocycles. The lowest BCUT2D eigenvalue weighted by Gasteiger charge is -2.49. The molecule has 2 radical (unpaired) electrons. The van der Waals surface area contributed by atoms with Gasteiger partial charge in [0.1, 0.15) is 0 Å². The number of unbranched alkanes of at least 4 members (excludes halogenated alkanes) is 1. The van der Waals surface area contributed by atoms with Crippen LogP contribution in [0.1, 0.15) is 39.0 Å². The smallest absolute Gasteiger partial charge is 0.300 e. The molecule has 1 heterocycles. The molecule has 146 valence electrons. The van der Waals surface area contributed by atoms with Crippen molar-refractivity contribution in [2.75, 3.05) is 11.9 Å². The molecule has 1 N–H and O–H groups in total. The highest BCUT2D eigenvalue weighted by Crippen LogP contribution is 2.50. The number of hydrogen-bond donors (Lipinski definition) is 1. The van der Waals surface area contributed by atoms with Crippen LogP contribution in [0.4, 0.5) is 5.69 Å². The number of benzene rings is 1. The summed E-state index contributed by atoms with van der Waals surface area (Å²) in [5.41, 5.74) is 2.08. The highest BCUT2D eigenvalue weighted by molar-refractivity contribution is 6.27. The second-order valence-electron chi connectivity index (χ2n) is 7.23. The molecule has 0 saturated heterocycles. The molecular formula is C20H27BCl2N2O2. The van der Waals surface area contributed by atoms with Crippen molar-refractivity contribution >= 4 is 55.2 Å². The van der Waals surface area contributed by atoms with Crippen molar-refractivity contribution in [1.82, 2.24) is 4.98 Å². The van der Waals surface area contributed by atoms with E-state index in [9.17, 15) is 9.90 Å². The second kappa shape index (κ2) is 9.65. The molecule has 1 aromatic heterocycles. The van der Waals surface area contributed by atoms with Gasteiger partial charge in [0.2, 0.25) is 0 Å². The molecule has 1 fully saturated rings. The van der Waals surface area contributed by atoms with Crippen molar-refractivity contribution in [1.29, 1.82) is 0 Å². The number of fused-ring (bicyclic) bond motifs is 1. The van der Waals surface area contributed by atoms with Gasteiger partial charge in [-0.05, 0) is 37.3 Å². The number of carboxylic acid groups (broad SMARTS) is 1. The normalized spacial score (nSPS) is 20.5. The number of nitrogens with zero attached hydrogens (tertiary/aromatic N) is 2. The van der Waals surface area contributed by atoms with Crippen LogP contribution in [0.25, 0.3) is 10.9 Å². The fourth-order valence-corrected chi connectivity index (χ4v) is 3.85. The van der Waals surface area contributed by atoms with Gasteiger partial charge in [0, 0.05) is 30.0 Å². The lowest BCUT2D eigenvalue weighted by Crippen LogP contribution is -2.49. The first-order valence-corrected chi connectivity index (χ1v) is 9.06. The number of pyridine rings is 1. The third-order valence-electron chi connectivity index (χ3n) is 5.72. The van der Waals surface area contributed by atoms with Crippen LogP contribution in [0.3, 0.4) is 0 Å². The summed E-state index contributed by atoms with van der Waals surface area (Å²) >= 11 is 0. The van der Waals surface area contributed by atoms with Gasteiger partial charge in [0.25, 0.3) is 0 Å². The van der Waals surface area contributed by atoms with Crippen LogP contribution in [0.5, 0.6) is 0 Å². The summed E-state index contributed by atoms with van der Waals surface area (Å²) < 4.78 is 0. The third-order valence-corrected chi connectivity index (χ3v) is 5.72. The molecule has 1 unspecified atom stereocenters. The third kappa shape index (κ3) is 4.52. The Morgan fingerprint density at radius 1 is 1.30 bits per heavy atom. The Hall–Kier alpha value is -1.46. The second-order valence-corrected chi connectivity index (χ2v) is 7.23. The van der Waals surface area contributed by atoms with Gasteiger partial charge >= 0.3 is 5.97 Å². The zero-order chi connectivity index (χ0) is 18.0. The van der Waals surface area contributed by atoms with E-state index >= 15 is 0 Å². The minimum absolute atomic E-state index is 0. The molecule has 27 heavy (non-hydrogen) atoms. The summed E-state index contributed by atoms with van der Waals surface area (Å²) in [7, 11) is 8.36. The zero-order valence-corrected chi connectivity index (χ0v) is 17.4. The maximum Gasteiger partial charge on any atom is 0.300 e. The van der Waals surface area contributed by atoms with Crippen molar-refractivity contribution < 1.29 is 9.90 Å². The molecule has 0 spiro atoms. The molecule has 4 nitrogen and oxygen atoms in total. The van der Waals surface area contributed by atoms with Crippen molar-refractivity contribution in [3.63, 3.8) is 0 Å². The quantitative estimate of drug-likeness (QED) is 0.662. The molecule has 0 bridgehead atoms. The standard InChI is InChI=1S/C20H25BN2O2.2ClH/c1-3-4-10-20(21,19(24)25)15-12-16(13-15)23(2)17-9-5-7-14-8-6-11-22-18(14)17;;/h5-9,11,15-16H,3-4,10,12-13H2,1-2H3,(H,24,25);2*1H. The van der Waals surface area contributed by atoms with Gasteiger partial charge in [0.15, 0.2) is 0 Å². The summed E-state index contributed by atoms with van der Waals surface area (Å²) in [5.74, 6) is -0.828. The van der Waals surface area contributed by atoms with Gasteiger partial charge in [-0.1, -0.05) is 38.0 Å². The predicted molar refractivity (Wildman–Crippen MR) is 117 cm³/mol. The van der Waals surface area contributed by atoms with Crippen LogP contribution in [-0.2, 0) is 4.79 Å². The SMILES string of the molecule is Cl.Cl.[B]C(CCCC)(C(=O)O)C1CC(N(C)c2cccc3cccnc23)C1. The molecule has 1 saturated carbocycles. The van der Waals surface area contributed by atoms with E-state index in [0.29, 0.717) is 12.5 Å². The van der Waals surface area contributed by atoms with E-state index in [-0.39, 0.29) is 30.7 Å². The molecule has 1 aliphatic carbocycles. The van der Waals surface area contributed by atoms with Crippen molar-refractivity contribution in [3.05, 3.63) is 36.5 Å².